The maximum atomic E-state index is 12.7. The smallest absolute Gasteiger partial charge is 0.387 e. The molecule has 1 aliphatic rings. The Morgan fingerprint density at radius 2 is 1.97 bits per heavy atom. The van der Waals surface area contributed by atoms with Crippen molar-refractivity contribution in [1.82, 2.24) is 9.97 Å². The van der Waals surface area contributed by atoms with Gasteiger partial charge in [0.15, 0.2) is 0 Å². The van der Waals surface area contributed by atoms with Gasteiger partial charge in [0.2, 0.25) is 11.9 Å². The molecular formula is C21H19F2N5O2. The van der Waals surface area contributed by atoms with Crippen LogP contribution in [0.5, 0.6) is 5.75 Å². The minimum atomic E-state index is -2.93. The van der Waals surface area contributed by atoms with Crippen molar-refractivity contribution >= 4 is 34.7 Å². The summed E-state index contributed by atoms with van der Waals surface area (Å²) in [5.41, 5.74) is 3.72. The van der Waals surface area contributed by atoms with Crippen LogP contribution < -0.4 is 20.7 Å². The number of hydrogen-bond acceptors (Lipinski definition) is 6. The molecule has 0 spiro atoms. The van der Waals surface area contributed by atoms with Gasteiger partial charge in [0, 0.05) is 29.6 Å². The number of amides is 1. The molecule has 9 heteroatoms. The fourth-order valence-corrected chi connectivity index (χ4v) is 3.12. The minimum Gasteiger partial charge on any atom is -0.433 e. The topological polar surface area (TPSA) is 88.2 Å². The number of carbonyl (C=O) groups excluding carboxylic acids is 1. The number of hydrogen-bond donors (Lipinski definition) is 3. The summed E-state index contributed by atoms with van der Waals surface area (Å²) < 4.78 is 29.9. The minimum absolute atomic E-state index is 0.0110. The lowest BCUT2D eigenvalue weighted by atomic mass is 10.0. The van der Waals surface area contributed by atoms with Gasteiger partial charge in [0.1, 0.15) is 11.6 Å². The number of nitrogens with zero attached hydrogens (tertiary/aromatic N) is 2. The summed E-state index contributed by atoms with van der Waals surface area (Å²) in [6.45, 7) is -1.12. The van der Waals surface area contributed by atoms with Crippen LogP contribution in [-0.2, 0) is 11.2 Å². The largest absolute Gasteiger partial charge is 0.433 e. The Kier molecular flexibility index (Phi) is 5.42. The van der Waals surface area contributed by atoms with E-state index >= 15 is 0 Å². The van der Waals surface area contributed by atoms with E-state index in [4.69, 9.17) is 0 Å². The van der Waals surface area contributed by atoms with Crippen molar-refractivity contribution in [3.63, 3.8) is 0 Å². The zero-order valence-electron chi connectivity index (χ0n) is 16.1. The van der Waals surface area contributed by atoms with Crippen LogP contribution >= 0.6 is 0 Å². The summed E-state index contributed by atoms with van der Waals surface area (Å²) in [5, 5.41) is 9.01. The summed E-state index contributed by atoms with van der Waals surface area (Å²) in [7, 11) is 0. The lowest BCUT2D eigenvalue weighted by Gasteiger charge is -2.18. The highest BCUT2D eigenvalue weighted by Gasteiger charge is 2.15. The van der Waals surface area contributed by atoms with Crippen LogP contribution in [0.1, 0.15) is 17.5 Å². The maximum absolute atomic E-state index is 12.7. The lowest BCUT2D eigenvalue weighted by molar-refractivity contribution is -0.116. The van der Waals surface area contributed by atoms with E-state index in [0.29, 0.717) is 30.3 Å². The zero-order valence-corrected chi connectivity index (χ0v) is 16.1. The van der Waals surface area contributed by atoms with Crippen molar-refractivity contribution < 1.29 is 18.3 Å². The fraction of sp³-hybridized carbons (Fsp3) is 0.190. The molecule has 0 fully saturated rings. The molecule has 3 N–H and O–H groups in total. The first-order chi connectivity index (χ1) is 14.5. The summed E-state index contributed by atoms with van der Waals surface area (Å²) in [4.78, 5) is 20.2. The van der Waals surface area contributed by atoms with Crippen molar-refractivity contribution in [3.8, 4) is 5.75 Å². The molecule has 0 unspecified atom stereocenters. The summed E-state index contributed by atoms with van der Waals surface area (Å²) in [6.07, 6.45) is 2.75. The van der Waals surface area contributed by atoms with E-state index in [9.17, 15) is 13.6 Å². The Hall–Kier alpha value is -3.75. The molecule has 154 valence electrons. The second-order valence-electron chi connectivity index (χ2n) is 6.77. The van der Waals surface area contributed by atoms with Gasteiger partial charge in [-0.15, -0.1) is 0 Å². The number of para-hydroxylation sites is 2. The van der Waals surface area contributed by atoms with Gasteiger partial charge in [-0.1, -0.05) is 12.1 Å². The zero-order chi connectivity index (χ0) is 21.1. The third kappa shape index (κ3) is 4.45. The number of aryl methyl sites for hydroxylation is 2. The van der Waals surface area contributed by atoms with E-state index in [2.05, 4.69) is 30.7 Å². The number of ether oxygens (including phenoxy) is 1. The van der Waals surface area contributed by atoms with E-state index in [0.717, 1.165) is 22.5 Å². The van der Waals surface area contributed by atoms with Gasteiger partial charge in [-0.2, -0.15) is 13.8 Å². The monoisotopic (exact) mass is 411 g/mol. The fourth-order valence-electron chi connectivity index (χ4n) is 3.12. The first-order valence-corrected chi connectivity index (χ1v) is 9.32. The molecule has 1 aromatic heterocycles. The van der Waals surface area contributed by atoms with Crippen molar-refractivity contribution in [2.24, 2.45) is 0 Å². The van der Waals surface area contributed by atoms with Crippen LogP contribution in [-0.4, -0.2) is 22.5 Å². The van der Waals surface area contributed by atoms with E-state index in [-0.39, 0.29) is 11.7 Å². The molecular weight excluding hydrogens is 392 g/mol. The molecule has 4 rings (SSSR count). The summed E-state index contributed by atoms with van der Waals surface area (Å²) in [5.74, 6) is 0.840. The van der Waals surface area contributed by atoms with Crippen LogP contribution in [0.3, 0.4) is 0 Å². The Morgan fingerprint density at radius 1 is 1.13 bits per heavy atom. The molecule has 7 nitrogen and oxygen atoms in total. The molecule has 1 aliphatic heterocycles. The Labute approximate surface area is 171 Å². The number of benzene rings is 2. The maximum Gasteiger partial charge on any atom is 0.387 e. The van der Waals surface area contributed by atoms with Crippen LogP contribution in [0.25, 0.3) is 0 Å². The van der Waals surface area contributed by atoms with Crippen LogP contribution in [0.4, 0.5) is 37.6 Å². The quantitative estimate of drug-likeness (QED) is 0.542. The molecule has 2 heterocycles. The Balaban J connectivity index is 1.55. The average Bonchev–Trinajstić information content (AvgIpc) is 2.71. The van der Waals surface area contributed by atoms with Gasteiger partial charge in [0.25, 0.3) is 0 Å². The van der Waals surface area contributed by atoms with E-state index in [1.54, 1.807) is 24.4 Å². The van der Waals surface area contributed by atoms with Crippen LogP contribution in [0.2, 0.25) is 0 Å². The predicted octanol–water partition coefficient (Wildman–Crippen LogP) is 4.76. The predicted molar refractivity (Wildman–Crippen MR) is 110 cm³/mol. The Bertz CT molecular complexity index is 1090. The van der Waals surface area contributed by atoms with E-state index < -0.39 is 6.61 Å². The van der Waals surface area contributed by atoms with Gasteiger partial charge in [0.05, 0.1) is 5.69 Å². The lowest BCUT2D eigenvalue weighted by Crippen LogP contribution is -2.18. The molecule has 0 saturated heterocycles. The normalized spacial score (nSPS) is 12.9. The molecule has 2 aromatic carbocycles. The third-order valence-corrected chi connectivity index (χ3v) is 4.58. The molecule has 0 radical (unpaired) electrons. The number of rotatable bonds is 6. The number of aromatic nitrogens is 2. The van der Waals surface area contributed by atoms with Gasteiger partial charge < -0.3 is 20.7 Å². The summed E-state index contributed by atoms with van der Waals surface area (Å²) in [6, 6.07) is 12.0. The highest BCUT2D eigenvalue weighted by molar-refractivity contribution is 5.94. The van der Waals surface area contributed by atoms with Crippen LogP contribution in [0.15, 0.2) is 48.7 Å². The van der Waals surface area contributed by atoms with Crippen molar-refractivity contribution in [1.29, 1.82) is 0 Å². The first kappa shape index (κ1) is 19.6. The summed E-state index contributed by atoms with van der Waals surface area (Å²) >= 11 is 0. The molecule has 1 amide bonds. The van der Waals surface area contributed by atoms with Gasteiger partial charge in [-0.25, -0.2) is 4.98 Å². The molecule has 0 aliphatic carbocycles. The number of alkyl halides is 2. The van der Waals surface area contributed by atoms with Gasteiger partial charge in [-0.05, 0) is 49.2 Å². The number of halogens is 2. The van der Waals surface area contributed by atoms with Crippen molar-refractivity contribution in [2.45, 2.75) is 26.4 Å². The second kappa shape index (κ2) is 8.32. The molecule has 30 heavy (non-hydrogen) atoms. The second-order valence-corrected chi connectivity index (χ2v) is 6.77. The first-order valence-electron chi connectivity index (χ1n) is 9.32. The number of anilines is 5. The van der Waals surface area contributed by atoms with Crippen LogP contribution in [0, 0.1) is 6.92 Å². The highest BCUT2D eigenvalue weighted by atomic mass is 19.3. The molecule has 0 bridgehead atoms. The van der Waals surface area contributed by atoms with Crippen molar-refractivity contribution in [2.75, 3.05) is 16.0 Å². The molecule has 3 aromatic rings. The molecule has 0 atom stereocenters. The SMILES string of the molecule is Cc1cnc(Nc2ccc3c(c2)CCC(=O)N3)nc1Nc1ccccc1OC(F)F. The Morgan fingerprint density at radius 3 is 2.80 bits per heavy atom. The van der Waals surface area contributed by atoms with Gasteiger partial charge >= 0.3 is 6.61 Å². The number of nitrogens with one attached hydrogen (secondary N) is 3. The highest BCUT2D eigenvalue weighted by Crippen LogP contribution is 2.30. The van der Waals surface area contributed by atoms with Crippen molar-refractivity contribution in [3.05, 3.63) is 59.8 Å². The average molecular weight is 411 g/mol. The molecule has 0 saturated carbocycles. The number of fused-ring (bicyclic) bond motifs is 1. The van der Waals surface area contributed by atoms with Gasteiger partial charge in [-0.3, -0.25) is 4.79 Å². The van der Waals surface area contributed by atoms with E-state index in [1.807, 2.05) is 25.1 Å². The number of carbonyl (C=O) groups is 1. The van der Waals surface area contributed by atoms with E-state index in [1.165, 1.54) is 6.07 Å². The third-order valence-electron chi connectivity index (χ3n) is 4.58. The standard InChI is InChI=1S/C21H19F2N5O2/c1-12-11-24-21(25-14-7-8-15-13(10-14)6-9-18(29)26-15)28-19(12)27-16-4-2-3-5-17(16)30-20(22)23/h2-5,7-8,10-11,20H,6,9H2,1H3,(H,26,29)(H2,24,25,27,28).